The molecule has 0 aromatic heterocycles. The number of rotatable bonds is 6. The van der Waals surface area contributed by atoms with Crippen LogP contribution >= 0.6 is 0 Å². The zero-order chi connectivity index (χ0) is 19.7. The van der Waals surface area contributed by atoms with Crippen LogP contribution in [0.5, 0.6) is 5.75 Å². The summed E-state index contributed by atoms with van der Waals surface area (Å²) in [4.78, 5) is 11.0. The predicted molar refractivity (Wildman–Crippen MR) is 77.3 cm³/mol. The van der Waals surface area contributed by atoms with Gasteiger partial charge in [-0.1, -0.05) is 13.0 Å². The highest BCUT2D eigenvalue weighted by molar-refractivity contribution is 5.73. The third kappa shape index (κ3) is 9.80. The van der Waals surface area contributed by atoms with E-state index in [1.807, 2.05) is 14.0 Å². The quantitative estimate of drug-likeness (QED) is 0.607. The number of alkyl halides is 6. The van der Waals surface area contributed by atoms with Crippen molar-refractivity contribution < 1.29 is 41.0 Å². The van der Waals surface area contributed by atoms with Gasteiger partial charge in [-0.3, -0.25) is 0 Å². The fraction of sp³-hybridized carbons (Fsp3) is 0.533. The first-order valence-electron chi connectivity index (χ1n) is 7.08. The van der Waals surface area contributed by atoms with Gasteiger partial charge in [0.2, 0.25) is 0 Å². The van der Waals surface area contributed by atoms with Gasteiger partial charge in [-0.15, -0.1) is 0 Å². The zero-order valence-electron chi connectivity index (χ0n) is 13.5. The summed E-state index contributed by atoms with van der Waals surface area (Å²) in [7, 11) is 1.96. The van der Waals surface area contributed by atoms with Gasteiger partial charge in [0.25, 0.3) is 0 Å². The van der Waals surface area contributed by atoms with Crippen molar-refractivity contribution in [1.29, 1.82) is 0 Å². The Bertz CT molecular complexity index is 531. The minimum absolute atomic E-state index is 0.149. The molecule has 0 amide bonds. The molecular formula is C15H18F6NO3. The molecule has 0 spiro atoms. The first kappa shape index (κ1) is 23.0. The van der Waals surface area contributed by atoms with E-state index in [1.54, 1.807) is 0 Å². The first-order valence-corrected chi connectivity index (χ1v) is 7.08. The van der Waals surface area contributed by atoms with Crippen molar-refractivity contribution in [3.63, 3.8) is 0 Å². The molecule has 143 valence electrons. The Morgan fingerprint density at radius 3 is 2.28 bits per heavy atom. The van der Waals surface area contributed by atoms with Gasteiger partial charge in [0.15, 0.2) is 0 Å². The van der Waals surface area contributed by atoms with E-state index in [9.17, 15) is 26.3 Å². The van der Waals surface area contributed by atoms with Crippen LogP contribution in [0.3, 0.4) is 0 Å². The summed E-state index contributed by atoms with van der Waals surface area (Å²) in [5.41, 5.74) is -0.745. The molecule has 0 aliphatic rings. The number of hydrogen-bond donors (Lipinski definition) is 1. The van der Waals surface area contributed by atoms with E-state index in [2.05, 4.69) is 11.0 Å². The summed E-state index contributed by atoms with van der Waals surface area (Å²) in [6.45, 7) is 4.00. The van der Waals surface area contributed by atoms with Gasteiger partial charge < -0.3 is 14.7 Å². The number of nitrogens with zero attached hydrogens (tertiary/aromatic N) is 1. The third-order valence-electron chi connectivity index (χ3n) is 2.86. The molecule has 1 N–H and O–H groups in total. The van der Waals surface area contributed by atoms with E-state index in [1.165, 1.54) is 12.1 Å². The van der Waals surface area contributed by atoms with E-state index in [4.69, 9.17) is 14.6 Å². The number of aliphatic carboxylic acids is 1. The first-order chi connectivity index (χ1) is 11.4. The zero-order valence-corrected chi connectivity index (χ0v) is 13.5. The number of halogens is 6. The standard InChI is InChI=1S/C13H17F3NO.C2HF3O2/c1-3-17(2)9-6-10-18-12-8-5-4-7-11(12)13(14,15)16;3-2(4,5)1(6)7/h4,7-8H,3,6,9-10H2,1-2H3;(H,6,7). The lowest BCUT2D eigenvalue weighted by Crippen LogP contribution is -2.21. The van der Waals surface area contributed by atoms with Gasteiger partial charge in [-0.05, 0) is 38.2 Å². The molecule has 25 heavy (non-hydrogen) atoms. The summed E-state index contributed by atoms with van der Waals surface area (Å²) in [6.07, 6.45) is -8.78. The molecule has 1 aromatic rings. The smallest absolute Gasteiger partial charge is 0.490 e. The molecular weight excluding hydrogens is 356 g/mol. The van der Waals surface area contributed by atoms with E-state index < -0.39 is 23.9 Å². The number of carboxylic acid groups (broad SMARTS) is 1. The van der Waals surface area contributed by atoms with Crippen molar-refractivity contribution in [2.24, 2.45) is 0 Å². The number of hydrogen-bond acceptors (Lipinski definition) is 3. The molecule has 1 rings (SSSR count). The van der Waals surface area contributed by atoms with E-state index in [0.29, 0.717) is 6.42 Å². The molecule has 0 saturated carbocycles. The normalized spacial score (nSPS) is 11.7. The van der Waals surface area contributed by atoms with Crippen molar-refractivity contribution in [3.05, 3.63) is 29.8 Å². The monoisotopic (exact) mass is 374 g/mol. The van der Waals surface area contributed by atoms with Crippen molar-refractivity contribution in [3.8, 4) is 5.75 Å². The topological polar surface area (TPSA) is 49.8 Å². The third-order valence-corrected chi connectivity index (χ3v) is 2.86. The highest BCUT2D eigenvalue weighted by Crippen LogP contribution is 2.35. The van der Waals surface area contributed by atoms with Gasteiger partial charge >= 0.3 is 18.3 Å². The second-order valence-corrected chi connectivity index (χ2v) is 4.82. The molecule has 1 radical (unpaired) electrons. The second-order valence-electron chi connectivity index (χ2n) is 4.82. The molecule has 0 saturated heterocycles. The predicted octanol–water partition coefficient (Wildman–Crippen LogP) is 3.86. The molecule has 4 nitrogen and oxygen atoms in total. The Kier molecular flexibility index (Phi) is 9.32. The molecule has 0 fully saturated rings. The molecule has 0 unspecified atom stereocenters. The van der Waals surface area contributed by atoms with E-state index in [0.717, 1.165) is 19.2 Å². The fourth-order valence-corrected chi connectivity index (χ4v) is 1.44. The highest BCUT2D eigenvalue weighted by Gasteiger charge is 2.38. The summed E-state index contributed by atoms with van der Waals surface area (Å²) in [5.74, 6) is -2.91. The van der Waals surface area contributed by atoms with Gasteiger partial charge in [0.05, 0.1) is 12.2 Å². The van der Waals surface area contributed by atoms with Crippen molar-refractivity contribution in [2.45, 2.75) is 25.7 Å². The molecule has 10 heteroatoms. The van der Waals surface area contributed by atoms with Crippen molar-refractivity contribution >= 4 is 5.97 Å². The Labute approximate surface area is 141 Å². The Hall–Kier alpha value is -1.97. The Morgan fingerprint density at radius 1 is 1.28 bits per heavy atom. The molecule has 0 bridgehead atoms. The summed E-state index contributed by atoms with van der Waals surface area (Å²) in [5, 5.41) is 7.12. The summed E-state index contributed by atoms with van der Waals surface area (Å²) in [6, 6.07) is 6.04. The molecule has 1 aromatic carbocycles. The highest BCUT2D eigenvalue weighted by atomic mass is 19.4. The molecule has 0 aliphatic heterocycles. The fourth-order valence-electron chi connectivity index (χ4n) is 1.44. The lowest BCUT2D eigenvalue weighted by atomic mass is 10.2. The van der Waals surface area contributed by atoms with Crippen molar-refractivity contribution in [2.75, 3.05) is 26.7 Å². The number of ether oxygens (including phenoxy) is 1. The maximum Gasteiger partial charge on any atom is 0.490 e. The lowest BCUT2D eigenvalue weighted by molar-refractivity contribution is -0.192. The Balaban J connectivity index is 0.000000697. The summed E-state index contributed by atoms with van der Waals surface area (Å²) >= 11 is 0. The Morgan fingerprint density at radius 2 is 1.84 bits per heavy atom. The van der Waals surface area contributed by atoms with Gasteiger partial charge in [0.1, 0.15) is 5.75 Å². The van der Waals surface area contributed by atoms with E-state index >= 15 is 0 Å². The van der Waals surface area contributed by atoms with Crippen LogP contribution < -0.4 is 4.74 Å². The van der Waals surface area contributed by atoms with E-state index in [-0.39, 0.29) is 12.4 Å². The van der Waals surface area contributed by atoms with Crippen LogP contribution in [0.4, 0.5) is 26.3 Å². The SMILES string of the molecule is CCN(C)CCCOc1c[c]ccc1C(F)(F)F.O=C(O)C(F)(F)F. The van der Waals surface area contributed by atoms with Gasteiger partial charge in [-0.25, -0.2) is 4.79 Å². The average Bonchev–Trinajstić information content (AvgIpc) is 2.50. The molecule has 0 atom stereocenters. The van der Waals surface area contributed by atoms with Gasteiger partial charge in [0, 0.05) is 6.54 Å². The van der Waals surface area contributed by atoms with Crippen LogP contribution in [-0.2, 0) is 11.0 Å². The van der Waals surface area contributed by atoms with Gasteiger partial charge in [-0.2, -0.15) is 26.3 Å². The molecule has 0 aliphatic carbocycles. The minimum atomic E-state index is -5.08. The average molecular weight is 374 g/mol. The number of carboxylic acids is 1. The lowest BCUT2D eigenvalue weighted by Gasteiger charge is -2.16. The van der Waals surface area contributed by atoms with Crippen molar-refractivity contribution in [1.82, 2.24) is 4.90 Å². The maximum absolute atomic E-state index is 12.6. The summed E-state index contributed by atoms with van der Waals surface area (Å²) < 4.78 is 74.8. The van der Waals surface area contributed by atoms with Crippen LogP contribution in [-0.4, -0.2) is 48.9 Å². The van der Waals surface area contributed by atoms with Crippen LogP contribution in [0.15, 0.2) is 18.2 Å². The number of carbonyl (C=O) groups is 1. The second kappa shape index (κ2) is 10.1. The maximum atomic E-state index is 12.6. The van der Waals surface area contributed by atoms with Crippen LogP contribution in [0.2, 0.25) is 0 Å². The number of benzene rings is 1. The van der Waals surface area contributed by atoms with Crippen LogP contribution in [0.1, 0.15) is 18.9 Å². The molecule has 0 heterocycles. The van der Waals surface area contributed by atoms with Crippen LogP contribution in [0, 0.1) is 6.07 Å². The largest absolute Gasteiger partial charge is 0.493 e. The van der Waals surface area contributed by atoms with Crippen LogP contribution in [0.25, 0.3) is 0 Å². The minimum Gasteiger partial charge on any atom is -0.493 e.